The zero-order valence-corrected chi connectivity index (χ0v) is 14.0. The van der Waals surface area contributed by atoms with E-state index in [1.54, 1.807) is 31.4 Å². The topological polar surface area (TPSA) is 67.4 Å². The molecule has 0 saturated carbocycles. The molecule has 0 fully saturated rings. The number of hydrogen-bond donors (Lipinski definition) is 2. The molecule has 21 heavy (non-hydrogen) atoms. The van der Waals surface area contributed by atoms with Crippen molar-refractivity contribution in [3.63, 3.8) is 0 Å². The van der Waals surface area contributed by atoms with Crippen molar-refractivity contribution in [3.05, 3.63) is 24.3 Å². The van der Waals surface area contributed by atoms with E-state index in [1.807, 2.05) is 6.92 Å². The van der Waals surface area contributed by atoms with Gasteiger partial charge in [0.15, 0.2) is 0 Å². The average molecular weight is 314 g/mol. The molecule has 0 amide bonds. The van der Waals surface area contributed by atoms with Crippen LogP contribution < -0.4 is 10.0 Å². The van der Waals surface area contributed by atoms with Crippen LogP contribution in [0.5, 0.6) is 0 Å². The van der Waals surface area contributed by atoms with E-state index >= 15 is 0 Å². The highest BCUT2D eigenvalue weighted by Gasteiger charge is 2.15. The summed E-state index contributed by atoms with van der Waals surface area (Å²) in [6, 6.07) is 6.99. The van der Waals surface area contributed by atoms with Crippen molar-refractivity contribution in [3.8, 4) is 0 Å². The summed E-state index contributed by atoms with van der Waals surface area (Å²) in [5.41, 5.74) is 0.889. The predicted molar refractivity (Wildman–Crippen MR) is 86.0 cm³/mol. The van der Waals surface area contributed by atoms with Crippen molar-refractivity contribution >= 4 is 15.7 Å². The first kappa shape index (κ1) is 17.9. The normalized spacial score (nSPS) is 13.4. The van der Waals surface area contributed by atoms with Crippen LogP contribution in [0.2, 0.25) is 0 Å². The highest BCUT2D eigenvalue weighted by Crippen LogP contribution is 2.17. The van der Waals surface area contributed by atoms with Gasteiger partial charge in [0.05, 0.1) is 17.5 Å². The molecule has 1 atom stereocenters. The quantitative estimate of drug-likeness (QED) is 0.735. The maximum absolute atomic E-state index is 12.0. The van der Waals surface area contributed by atoms with Crippen LogP contribution in [0.4, 0.5) is 5.69 Å². The fourth-order valence-electron chi connectivity index (χ4n) is 1.84. The molecule has 6 heteroatoms. The van der Waals surface area contributed by atoms with Crippen LogP contribution in [0.3, 0.4) is 0 Å². The molecule has 0 aliphatic carbocycles. The van der Waals surface area contributed by atoms with Gasteiger partial charge in [0.25, 0.3) is 0 Å². The predicted octanol–water partition coefficient (Wildman–Crippen LogP) is 2.46. The lowest BCUT2D eigenvalue weighted by atomic mass is 10.1. The summed E-state index contributed by atoms with van der Waals surface area (Å²) in [6.45, 7) is 7.22. The summed E-state index contributed by atoms with van der Waals surface area (Å²) in [5.74, 6) is 0.416. The van der Waals surface area contributed by atoms with Crippen molar-refractivity contribution in [2.24, 2.45) is 5.92 Å². The molecular formula is C15H26N2O3S. The zero-order chi connectivity index (χ0) is 15.9. The summed E-state index contributed by atoms with van der Waals surface area (Å²) in [6.07, 6.45) is 0.770. The van der Waals surface area contributed by atoms with Gasteiger partial charge in [-0.2, -0.15) is 0 Å². The Morgan fingerprint density at radius 2 is 1.81 bits per heavy atom. The molecule has 5 nitrogen and oxygen atoms in total. The maximum atomic E-state index is 12.0. The van der Waals surface area contributed by atoms with Crippen LogP contribution in [0.15, 0.2) is 29.2 Å². The summed E-state index contributed by atoms with van der Waals surface area (Å²) in [4.78, 5) is 0.286. The molecular weight excluding hydrogens is 288 g/mol. The number of benzene rings is 1. The lowest BCUT2D eigenvalue weighted by Crippen LogP contribution is -2.30. The fraction of sp³-hybridized carbons (Fsp3) is 0.600. The number of methoxy groups -OCH3 is 1. The van der Waals surface area contributed by atoms with Gasteiger partial charge in [0.2, 0.25) is 10.0 Å². The van der Waals surface area contributed by atoms with Gasteiger partial charge in [-0.25, -0.2) is 13.1 Å². The summed E-state index contributed by atoms with van der Waals surface area (Å²) >= 11 is 0. The number of ether oxygens (including phenoxy) is 1. The molecule has 0 aliphatic rings. The zero-order valence-electron chi connectivity index (χ0n) is 13.2. The number of sulfonamides is 1. The van der Waals surface area contributed by atoms with Gasteiger partial charge >= 0.3 is 0 Å². The highest BCUT2D eigenvalue weighted by molar-refractivity contribution is 7.89. The van der Waals surface area contributed by atoms with Crippen LogP contribution in [-0.4, -0.2) is 34.7 Å². The molecule has 1 aromatic carbocycles. The second-order valence-electron chi connectivity index (χ2n) is 5.37. The average Bonchev–Trinajstić information content (AvgIpc) is 2.45. The van der Waals surface area contributed by atoms with Crippen molar-refractivity contribution < 1.29 is 13.2 Å². The van der Waals surface area contributed by atoms with Crippen LogP contribution in [-0.2, 0) is 14.8 Å². The molecule has 0 bridgehead atoms. The van der Waals surface area contributed by atoms with Crippen molar-refractivity contribution in [1.82, 2.24) is 4.72 Å². The molecule has 0 spiro atoms. The number of anilines is 1. The standard InChI is InChI=1S/C15H26N2O3S/c1-5-10-16-21(18,19)14-8-6-13(7-9-14)17-15(11-20-4)12(2)3/h6-9,12,15-17H,5,10-11H2,1-4H3. The van der Waals surface area contributed by atoms with Gasteiger partial charge in [-0.15, -0.1) is 0 Å². The van der Waals surface area contributed by atoms with E-state index in [-0.39, 0.29) is 10.9 Å². The Balaban J connectivity index is 2.78. The molecule has 0 saturated heterocycles. The lowest BCUT2D eigenvalue weighted by Gasteiger charge is -2.22. The maximum Gasteiger partial charge on any atom is 0.240 e. The van der Waals surface area contributed by atoms with Gasteiger partial charge in [-0.05, 0) is 36.6 Å². The minimum atomic E-state index is -3.40. The first-order chi connectivity index (χ1) is 9.90. The Morgan fingerprint density at radius 3 is 2.29 bits per heavy atom. The van der Waals surface area contributed by atoms with E-state index in [0.717, 1.165) is 12.1 Å². The molecule has 120 valence electrons. The minimum absolute atomic E-state index is 0.190. The Morgan fingerprint density at radius 1 is 1.19 bits per heavy atom. The van der Waals surface area contributed by atoms with Gasteiger partial charge in [0, 0.05) is 19.3 Å². The first-order valence-electron chi connectivity index (χ1n) is 7.26. The Kier molecular flexibility index (Phi) is 7.14. The lowest BCUT2D eigenvalue weighted by molar-refractivity contribution is 0.171. The third-order valence-corrected chi connectivity index (χ3v) is 4.69. The largest absolute Gasteiger partial charge is 0.383 e. The molecule has 1 rings (SSSR count). The third kappa shape index (κ3) is 5.65. The third-order valence-electron chi connectivity index (χ3n) is 3.21. The smallest absolute Gasteiger partial charge is 0.240 e. The van der Waals surface area contributed by atoms with Crippen molar-refractivity contribution in [1.29, 1.82) is 0 Å². The van der Waals surface area contributed by atoms with Crippen LogP contribution in [0, 0.1) is 5.92 Å². The van der Waals surface area contributed by atoms with E-state index < -0.39 is 10.0 Å². The van der Waals surface area contributed by atoms with Gasteiger partial charge in [-0.3, -0.25) is 0 Å². The fourth-order valence-corrected chi connectivity index (χ4v) is 2.98. The van der Waals surface area contributed by atoms with Crippen LogP contribution in [0.1, 0.15) is 27.2 Å². The summed E-state index contributed by atoms with van der Waals surface area (Å²) in [7, 11) is -1.72. The van der Waals surface area contributed by atoms with Crippen molar-refractivity contribution in [2.45, 2.75) is 38.1 Å². The van der Waals surface area contributed by atoms with Crippen LogP contribution >= 0.6 is 0 Å². The van der Waals surface area contributed by atoms with E-state index in [4.69, 9.17) is 4.74 Å². The SMILES string of the molecule is CCCNS(=O)(=O)c1ccc(NC(COC)C(C)C)cc1. The molecule has 0 aliphatic heterocycles. The summed E-state index contributed by atoms with van der Waals surface area (Å²) in [5, 5.41) is 3.36. The number of rotatable bonds is 9. The van der Waals surface area contributed by atoms with Gasteiger partial charge in [-0.1, -0.05) is 20.8 Å². The van der Waals surface area contributed by atoms with E-state index in [0.29, 0.717) is 19.1 Å². The molecule has 1 unspecified atom stereocenters. The molecule has 0 radical (unpaired) electrons. The van der Waals surface area contributed by atoms with Crippen LogP contribution in [0.25, 0.3) is 0 Å². The second-order valence-corrected chi connectivity index (χ2v) is 7.14. The Hall–Kier alpha value is -1.11. The van der Waals surface area contributed by atoms with Gasteiger partial charge in [0.1, 0.15) is 0 Å². The highest BCUT2D eigenvalue weighted by atomic mass is 32.2. The van der Waals surface area contributed by atoms with E-state index in [2.05, 4.69) is 23.9 Å². The van der Waals surface area contributed by atoms with Gasteiger partial charge < -0.3 is 10.1 Å². The van der Waals surface area contributed by atoms with E-state index in [9.17, 15) is 8.42 Å². The molecule has 1 aromatic rings. The van der Waals surface area contributed by atoms with Crippen molar-refractivity contribution in [2.75, 3.05) is 25.6 Å². The Labute approximate surface area is 128 Å². The summed E-state index contributed by atoms with van der Waals surface area (Å²) < 4.78 is 31.7. The number of nitrogens with one attached hydrogen (secondary N) is 2. The monoisotopic (exact) mass is 314 g/mol. The molecule has 0 aromatic heterocycles. The molecule has 0 heterocycles. The number of hydrogen-bond acceptors (Lipinski definition) is 4. The van der Waals surface area contributed by atoms with E-state index in [1.165, 1.54) is 0 Å². The molecule has 2 N–H and O–H groups in total. The second kappa shape index (κ2) is 8.36. The minimum Gasteiger partial charge on any atom is -0.383 e. The Bertz CT molecular complexity index is 512. The first-order valence-corrected chi connectivity index (χ1v) is 8.74.